The Balaban J connectivity index is 1.70. The molecule has 5 unspecified atom stereocenters. The number of ether oxygens (including phenoxy) is 1. The lowest BCUT2D eigenvalue weighted by atomic mass is 9.68. The van der Waals surface area contributed by atoms with Crippen LogP contribution in [0.2, 0.25) is 0 Å². The zero-order valence-corrected chi connectivity index (χ0v) is 15.2. The fourth-order valence-corrected chi connectivity index (χ4v) is 4.18. The first-order chi connectivity index (χ1) is 12.4. The molecule has 3 heterocycles. The van der Waals surface area contributed by atoms with E-state index in [-0.39, 0.29) is 17.9 Å². The molecule has 5 atom stereocenters. The minimum atomic E-state index is -0.834. The summed E-state index contributed by atoms with van der Waals surface area (Å²) in [5.41, 5.74) is 14.5. The number of anilines is 1. The van der Waals surface area contributed by atoms with Gasteiger partial charge >= 0.3 is 0 Å². The molecule has 0 radical (unpaired) electrons. The fourth-order valence-electron chi connectivity index (χ4n) is 4.18. The lowest BCUT2D eigenvalue weighted by Crippen LogP contribution is -2.54. The standard InChI is InChI=1S/C20H26N4O2/c1-12-8-13(9-18(21)20(12,2)25)14-5-6-23-11-16(14)24-7-3-4-17-15(24)10-19(22)26-17/h3-7,10-13,18-19,25H,8-9,21-22H2,1-2H3. The SMILES string of the molecule is CC1CC(c2ccncc2N2C=CC=C3OC(N)C=C32)CC(N)C1(C)O. The highest BCUT2D eigenvalue weighted by Gasteiger charge is 2.43. The van der Waals surface area contributed by atoms with E-state index in [0.717, 1.165) is 30.0 Å². The summed E-state index contributed by atoms with van der Waals surface area (Å²) in [5.74, 6) is 1.15. The van der Waals surface area contributed by atoms with Crippen LogP contribution in [-0.2, 0) is 4.74 Å². The highest BCUT2D eigenvalue weighted by molar-refractivity contribution is 5.66. The third-order valence-corrected chi connectivity index (χ3v) is 6.04. The first-order valence-corrected chi connectivity index (χ1v) is 9.12. The van der Waals surface area contributed by atoms with Crippen LogP contribution in [0, 0.1) is 5.92 Å². The lowest BCUT2D eigenvalue weighted by Gasteiger charge is -2.44. The number of pyridine rings is 1. The molecule has 0 spiro atoms. The molecule has 0 aromatic carbocycles. The quantitative estimate of drug-likeness (QED) is 0.752. The van der Waals surface area contributed by atoms with Crippen LogP contribution < -0.4 is 16.4 Å². The van der Waals surface area contributed by atoms with Gasteiger partial charge < -0.3 is 20.5 Å². The van der Waals surface area contributed by atoms with Gasteiger partial charge in [0.2, 0.25) is 0 Å². The van der Waals surface area contributed by atoms with Gasteiger partial charge in [-0.05, 0) is 61.5 Å². The summed E-state index contributed by atoms with van der Waals surface area (Å²) >= 11 is 0. The molecule has 1 aliphatic carbocycles. The molecule has 0 saturated heterocycles. The van der Waals surface area contributed by atoms with E-state index in [0.29, 0.717) is 0 Å². The summed E-state index contributed by atoms with van der Waals surface area (Å²) in [6, 6.07) is 1.80. The maximum absolute atomic E-state index is 10.6. The van der Waals surface area contributed by atoms with E-state index in [1.807, 2.05) is 43.7 Å². The number of hydrogen-bond donors (Lipinski definition) is 3. The Morgan fingerprint density at radius 1 is 1.35 bits per heavy atom. The van der Waals surface area contributed by atoms with Gasteiger partial charge in [-0.3, -0.25) is 10.7 Å². The Labute approximate surface area is 153 Å². The second-order valence-electron chi connectivity index (χ2n) is 7.71. The molecule has 26 heavy (non-hydrogen) atoms. The topological polar surface area (TPSA) is 97.6 Å². The Kier molecular flexibility index (Phi) is 4.14. The van der Waals surface area contributed by atoms with Crippen molar-refractivity contribution in [3.63, 3.8) is 0 Å². The Morgan fingerprint density at radius 2 is 2.15 bits per heavy atom. The molecule has 5 N–H and O–H groups in total. The summed E-state index contributed by atoms with van der Waals surface area (Å²) in [7, 11) is 0. The van der Waals surface area contributed by atoms with E-state index in [9.17, 15) is 5.11 Å². The number of nitrogens with two attached hydrogens (primary N) is 2. The van der Waals surface area contributed by atoms with E-state index in [2.05, 4.69) is 22.9 Å². The van der Waals surface area contributed by atoms with Crippen LogP contribution in [0.15, 0.2) is 54.3 Å². The average Bonchev–Trinajstić information content (AvgIpc) is 3.00. The largest absolute Gasteiger partial charge is 0.470 e. The lowest BCUT2D eigenvalue weighted by molar-refractivity contribution is -0.0463. The van der Waals surface area contributed by atoms with Crippen LogP contribution >= 0.6 is 0 Å². The molecule has 6 nitrogen and oxygen atoms in total. The summed E-state index contributed by atoms with van der Waals surface area (Å²) in [5, 5.41) is 10.6. The van der Waals surface area contributed by atoms with Gasteiger partial charge in [0.1, 0.15) is 5.76 Å². The van der Waals surface area contributed by atoms with Crippen molar-refractivity contribution in [2.75, 3.05) is 4.90 Å². The van der Waals surface area contributed by atoms with Gasteiger partial charge in [0, 0.05) is 18.4 Å². The third kappa shape index (κ3) is 2.74. The average molecular weight is 354 g/mol. The predicted octanol–water partition coefficient (Wildman–Crippen LogP) is 2.09. The monoisotopic (exact) mass is 354 g/mol. The van der Waals surface area contributed by atoms with Crippen molar-refractivity contribution in [1.82, 2.24) is 4.98 Å². The van der Waals surface area contributed by atoms with Crippen LogP contribution in [-0.4, -0.2) is 28.0 Å². The van der Waals surface area contributed by atoms with Crippen LogP contribution in [0.1, 0.15) is 38.2 Å². The summed E-state index contributed by atoms with van der Waals surface area (Å²) in [6.07, 6.45) is 12.6. The second kappa shape index (κ2) is 6.23. The van der Waals surface area contributed by atoms with Crippen molar-refractivity contribution in [3.8, 4) is 0 Å². The van der Waals surface area contributed by atoms with Gasteiger partial charge in [0.05, 0.1) is 23.2 Å². The summed E-state index contributed by atoms with van der Waals surface area (Å²) in [4.78, 5) is 6.42. The molecule has 6 heteroatoms. The maximum Gasteiger partial charge on any atom is 0.169 e. The van der Waals surface area contributed by atoms with E-state index in [4.69, 9.17) is 16.2 Å². The first kappa shape index (κ1) is 17.3. The number of fused-ring (bicyclic) bond motifs is 1. The zero-order valence-electron chi connectivity index (χ0n) is 15.2. The normalized spacial score (nSPS) is 36.3. The van der Waals surface area contributed by atoms with Crippen molar-refractivity contribution in [2.45, 2.75) is 50.5 Å². The first-order valence-electron chi connectivity index (χ1n) is 9.12. The molecule has 138 valence electrons. The molecule has 1 saturated carbocycles. The molecular formula is C20H26N4O2. The summed E-state index contributed by atoms with van der Waals surface area (Å²) < 4.78 is 5.64. The number of allylic oxidation sites excluding steroid dienone is 2. The number of aromatic nitrogens is 1. The molecule has 2 aliphatic heterocycles. The molecule has 1 aromatic heterocycles. The van der Waals surface area contributed by atoms with E-state index >= 15 is 0 Å². The predicted molar refractivity (Wildman–Crippen MR) is 101 cm³/mol. The van der Waals surface area contributed by atoms with Gasteiger partial charge in [0.15, 0.2) is 6.23 Å². The Morgan fingerprint density at radius 3 is 2.92 bits per heavy atom. The van der Waals surface area contributed by atoms with Crippen molar-refractivity contribution in [3.05, 3.63) is 59.9 Å². The van der Waals surface area contributed by atoms with Gasteiger partial charge in [0.25, 0.3) is 0 Å². The van der Waals surface area contributed by atoms with Gasteiger partial charge in [-0.1, -0.05) is 6.92 Å². The number of hydrogen-bond acceptors (Lipinski definition) is 6. The zero-order chi connectivity index (χ0) is 18.5. The second-order valence-corrected chi connectivity index (χ2v) is 7.71. The molecule has 0 bridgehead atoms. The van der Waals surface area contributed by atoms with Crippen molar-refractivity contribution in [1.29, 1.82) is 0 Å². The maximum atomic E-state index is 10.6. The summed E-state index contributed by atoms with van der Waals surface area (Å²) in [6.45, 7) is 3.92. The van der Waals surface area contributed by atoms with Gasteiger partial charge in [-0.2, -0.15) is 0 Å². The number of rotatable bonds is 2. The minimum absolute atomic E-state index is 0.118. The highest BCUT2D eigenvalue weighted by Crippen LogP contribution is 2.45. The van der Waals surface area contributed by atoms with Crippen LogP contribution in [0.25, 0.3) is 0 Å². The van der Waals surface area contributed by atoms with Crippen molar-refractivity contribution >= 4 is 5.69 Å². The minimum Gasteiger partial charge on any atom is -0.470 e. The Hall–Kier alpha value is -2.15. The van der Waals surface area contributed by atoms with E-state index < -0.39 is 11.8 Å². The van der Waals surface area contributed by atoms with E-state index in [1.165, 1.54) is 5.56 Å². The van der Waals surface area contributed by atoms with Crippen molar-refractivity contribution in [2.24, 2.45) is 17.4 Å². The number of aliphatic hydroxyl groups is 1. The Bertz CT molecular complexity index is 785. The molecule has 1 aromatic rings. The third-order valence-electron chi connectivity index (χ3n) is 6.04. The smallest absolute Gasteiger partial charge is 0.169 e. The van der Waals surface area contributed by atoms with Crippen LogP contribution in [0.3, 0.4) is 0 Å². The van der Waals surface area contributed by atoms with Gasteiger partial charge in [-0.25, -0.2) is 0 Å². The molecular weight excluding hydrogens is 328 g/mol. The molecule has 3 aliphatic rings. The highest BCUT2D eigenvalue weighted by atomic mass is 16.5. The van der Waals surface area contributed by atoms with Crippen molar-refractivity contribution < 1.29 is 9.84 Å². The van der Waals surface area contributed by atoms with Gasteiger partial charge in [-0.15, -0.1) is 0 Å². The van der Waals surface area contributed by atoms with E-state index in [1.54, 1.807) is 0 Å². The van der Waals surface area contributed by atoms with Crippen LogP contribution in [0.4, 0.5) is 5.69 Å². The number of nitrogens with zero attached hydrogens (tertiary/aromatic N) is 2. The fraction of sp³-hybridized carbons (Fsp3) is 0.450. The molecule has 4 rings (SSSR count). The van der Waals surface area contributed by atoms with Crippen LogP contribution in [0.5, 0.6) is 0 Å². The molecule has 0 amide bonds. The molecule has 1 fully saturated rings.